The van der Waals surface area contributed by atoms with Crippen LogP contribution in [0.1, 0.15) is 43.7 Å². The standard InChI is InChI=1S/C12H15N3OS/c1-8(2)11-14-12(16-15-11)9(3)17-10-6-4-5-7-13-10/h4-9H,1-3H3/t9-/m0/s1. The van der Waals surface area contributed by atoms with Gasteiger partial charge in [-0.15, -0.1) is 0 Å². The van der Waals surface area contributed by atoms with Crippen molar-refractivity contribution in [3.63, 3.8) is 0 Å². The maximum atomic E-state index is 5.25. The van der Waals surface area contributed by atoms with Gasteiger partial charge in [0.1, 0.15) is 0 Å². The molecule has 0 aliphatic heterocycles. The van der Waals surface area contributed by atoms with Gasteiger partial charge in [-0.25, -0.2) is 4.98 Å². The summed E-state index contributed by atoms with van der Waals surface area (Å²) in [6.45, 7) is 6.13. The van der Waals surface area contributed by atoms with Crippen LogP contribution in [0.3, 0.4) is 0 Å². The Kier molecular flexibility index (Phi) is 3.78. The number of nitrogens with zero attached hydrogens (tertiary/aromatic N) is 3. The van der Waals surface area contributed by atoms with E-state index >= 15 is 0 Å². The quantitative estimate of drug-likeness (QED) is 0.777. The van der Waals surface area contributed by atoms with Gasteiger partial charge in [-0.1, -0.05) is 36.8 Å². The fourth-order valence-electron chi connectivity index (χ4n) is 1.30. The molecule has 5 heteroatoms. The van der Waals surface area contributed by atoms with Crippen LogP contribution in [0.5, 0.6) is 0 Å². The van der Waals surface area contributed by atoms with Gasteiger partial charge in [-0.05, 0) is 19.1 Å². The summed E-state index contributed by atoms with van der Waals surface area (Å²) in [4.78, 5) is 8.64. The predicted octanol–water partition coefficient (Wildman–Crippen LogP) is 3.44. The van der Waals surface area contributed by atoms with E-state index in [0.717, 1.165) is 10.9 Å². The van der Waals surface area contributed by atoms with E-state index < -0.39 is 0 Å². The van der Waals surface area contributed by atoms with E-state index in [2.05, 4.69) is 15.1 Å². The van der Waals surface area contributed by atoms with Crippen LogP contribution in [0.2, 0.25) is 0 Å². The Labute approximate surface area is 105 Å². The van der Waals surface area contributed by atoms with Gasteiger partial charge in [0.15, 0.2) is 5.82 Å². The molecule has 0 aliphatic carbocycles. The molecule has 0 N–H and O–H groups in total. The molecule has 2 rings (SSSR count). The molecule has 0 amide bonds. The molecule has 1 atom stereocenters. The highest BCUT2D eigenvalue weighted by atomic mass is 32.2. The molecule has 17 heavy (non-hydrogen) atoms. The molecule has 0 aliphatic rings. The van der Waals surface area contributed by atoms with E-state index in [9.17, 15) is 0 Å². The van der Waals surface area contributed by atoms with Gasteiger partial charge in [-0.3, -0.25) is 0 Å². The highest BCUT2D eigenvalue weighted by Gasteiger charge is 2.17. The second kappa shape index (κ2) is 5.31. The average Bonchev–Trinajstić information content (AvgIpc) is 2.79. The van der Waals surface area contributed by atoms with Gasteiger partial charge < -0.3 is 4.52 Å². The Hall–Kier alpha value is -1.36. The lowest BCUT2D eigenvalue weighted by Gasteiger charge is -2.04. The SMILES string of the molecule is CC(C)c1noc([C@H](C)Sc2ccccn2)n1. The number of pyridine rings is 1. The van der Waals surface area contributed by atoms with Crippen molar-refractivity contribution < 1.29 is 4.52 Å². The molecule has 0 saturated carbocycles. The molecule has 90 valence electrons. The zero-order valence-electron chi connectivity index (χ0n) is 10.1. The van der Waals surface area contributed by atoms with Gasteiger partial charge in [0.05, 0.1) is 10.3 Å². The van der Waals surface area contributed by atoms with Crippen molar-refractivity contribution in [2.24, 2.45) is 0 Å². The molecule has 2 aromatic heterocycles. The minimum atomic E-state index is 0.116. The van der Waals surface area contributed by atoms with E-state index in [1.807, 2.05) is 39.0 Å². The lowest BCUT2D eigenvalue weighted by molar-refractivity contribution is 0.373. The van der Waals surface area contributed by atoms with E-state index in [4.69, 9.17) is 4.52 Å². The Morgan fingerprint density at radius 3 is 2.65 bits per heavy atom. The third-order valence-corrected chi connectivity index (χ3v) is 3.30. The molecule has 0 radical (unpaired) electrons. The lowest BCUT2D eigenvalue weighted by atomic mass is 10.2. The third-order valence-electron chi connectivity index (χ3n) is 2.26. The first-order valence-corrected chi connectivity index (χ1v) is 6.46. The van der Waals surface area contributed by atoms with E-state index in [-0.39, 0.29) is 5.25 Å². The van der Waals surface area contributed by atoms with Gasteiger partial charge >= 0.3 is 0 Å². The zero-order valence-corrected chi connectivity index (χ0v) is 10.9. The molecule has 0 fully saturated rings. The Morgan fingerprint density at radius 1 is 1.24 bits per heavy atom. The summed E-state index contributed by atoms with van der Waals surface area (Å²) in [5.41, 5.74) is 0. The molecule has 4 nitrogen and oxygen atoms in total. The second-order valence-corrected chi connectivity index (χ2v) is 5.43. The van der Waals surface area contributed by atoms with Crippen LogP contribution in [0, 0.1) is 0 Å². The number of aromatic nitrogens is 3. The Morgan fingerprint density at radius 2 is 2.06 bits per heavy atom. The van der Waals surface area contributed by atoms with Gasteiger partial charge in [0, 0.05) is 12.1 Å². The summed E-state index contributed by atoms with van der Waals surface area (Å²) in [5, 5.41) is 5.04. The van der Waals surface area contributed by atoms with Crippen molar-refractivity contribution >= 4 is 11.8 Å². The maximum absolute atomic E-state index is 5.25. The monoisotopic (exact) mass is 249 g/mol. The molecule has 2 heterocycles. The van der Waals surface area contributed by atoms with Crippen LogP contribution in [0.15, 0.2) is 33.9 Å². The molecule has 0 bridgehead atoms. The molecule has 0 spiro atoms. The first-order valence-electron chi connectivity index (χ1n) is 5.58. The number of thioether (sulfide) groups is 1. The first kappa shape index (κ1) is 12.1. The zero-order chi connectivity index (χ0) is 12.3. The van der Waals surface area contributed by atoms with E-state index in [1.54, 1.807) is 18.0 Å². The van der Waals surface area contributed by atoms with Crippen LogP contribution in [-0.4, -0.2) is 15.1 Å². The Balaban J connectivity index is 2.07. The summed E-state index contributed by atoms with van der Waals surface area (Å²) in [6.07, 6.45) is 1.78. The smallest absolute Gasteiger partial charge is 0.239 e. The van der Waals surface area contributed by atoms with Crippen LogP contribution in [-0.2, 0) is 0 Å². The molecule has 2 aromatic rings. The van der Waals surface area contributed by atoms with Crippen LogP contribution < -0.4 is 0 Å². The summed E-state index contributed by atoms with van der Waals surface area (Å²) in [6, 6.07) is 5.84. The summed E-state index contributed by atoms with van der Waals surface area (Å²) in [7, 11) is 0. The summed E-state index contributed by atoms with van der Waals surface area (Å²) in [5.74, 6) is 1.71. The molecule has 0 unspecified atom stereocenters. The van der Waals surface area contributed by atoms with Crippen LogP contribution in [0.4, 0.5) is 0 Å². The molecular weight excluding hydrogens is 234 g/mol. The number of rotatable bonds is 4. The average molecular weight is 249 g/mol. The van der Waals surface area contributed by atoms with Crippen LogP contribution in [0.25, 0.3) is 0 Å². The predicted molar refractivity (Wildman–Crippen MR) is 66.9 cm³/mol. The topological polar surface area (TPSA) is 51.8 Å². The van der Waals surface area contributed by atoms with E-state index in [0.29, 0.717) is 11.8 Å². The number of hydrogen-bond acceptors (Lipinski definition) is 5. The van der Waals surface area contributed by atoms with Crippen molar-refractivity contribution in [3.05, 3.63) is 36.1 Å². The van der Waals surface area contributed by atoms with Crippen molar-refractivity contribution in [1.82, 2.24) is 15.1 Å². The summed E-state index contributed by atoms with van der Waals surface area (Å²) >= 11 is 1.61. The fourth-order valence-corrected chi connectivity index (χ4v) is 2.13. The first-order chi connectivity index (χ1) is 8.16. The summed E-state index contributed by atoms with van der Waals surface area (Å²) < 4.78 is 5.25. The van der Waals surface area contributed by atoms with Gasteiger partial charge in [0.25, 0.3) is 0 Å². The van der Waals surface area contributed by atoms with Gasteiger partial charge in [-0.2, -0.15) is 4.98 Å². The lowest BCUT2D eigenvalue weighted by Crippen LogP contribution is -1.93. The van der Waals surface area contributed by atoms with Crippen molar-refractivity contribution in [3.8, 4) is 0 Å². The molecular formula is C12H15N3OS. The van der Waals surface area contributed by atoms with Crippen molar-refractivity contribution in [2.75, 3.05) is 0 Å². The minimum absolute atomic E-state index is 0.116. The third kappa shape index (κ3) is 3.06. The van der Waals surface area contributed by atoms with Crippen molar-refractivity contribution in [1.29, 1.82) is 0 Å². The minimum Gasteiger partial charge on any atom is -0.338 e. The fraction of sp³-hybridized carbons (Fsp3) is 0.417. The van der Waals surface area contributed by atoms with Crippen LogP contribution >= 0.6 is 11.8 Å². The molecule has 0 aromatic carbocycles. The molecule has 0 saturated heterocycles. The second-order valence-electron chi connectivity index (χ2n) is 4.07. The highest BCUT2D eigenvalue weighted by molar-refractivity contribution is 7.99. The largest absolute Gasteiger partial charge is 0.338 e. The highest BCUT2D eigenvalue weighted by Crippen LogP contribution is 2.32. The van der Waals surface area contributed by atoms with Crippen molar-refractivity contribution in [2.45, 2.75) is 37.0 Å². The normalized spacial score (nSPS) is 12.9. The van der Waals surface area contributed by atoms with E-state index in [1.165, 1.54) is 0 Å². The van der Waals surface area contributed by atoms with Gasteiger partial charge in [0.2, 0.25) is 5.89 Å². The Bertz CT molecular complexity index is 470. The maximum Gasteiger partial charge on any atom is 0.239 e. The number of hydrogen-bond donors (Lipinski definition) is 0.